The SMILES string of the molecule is CC(=O)C(Cc1ccccc1)CC1C=CCCC1. The third-order valence-corrected chi connectivity index (χ3v) is 3.84. The summed E-state index contributed by atoms with van der Waals surface area (Å²) in [6, 6.07) is 10.4. The highest BCUT2D eigenvalue weighted by molar-refractivity contribution is 5.78. The van der Waals surface area contributed by atoms with Gasteiger partial charge in [-0.3, -0.25) is 4.79 Å². The van der Waals surface area contributed by atoms with Crippen LogP contribution in [-0.4, -0.2) is 5.78 Å². The zero-order chi connectivity index (χ0) is 12.8. The fourth-order valence-corrected chi connectivity index (χ4v) is 2.74. The molecular formula is C17H22O. The highest BCUT2D eigenvalue weighted by Crippen LogP contribution is 2.26. The molecular weight excluding hydrogens is 220 g/mol. The number of carbonyl (C=O) groups is 1. The van der Waals surface area contributed by atoms with Gasteiger partial charge < -0.3 is 0 Å². The topological polar surface area (TPSA) is 17.1 Å². The summed E-state index contributed by atoms with van der Waals surface area (Å²) in [6.07, 6.45) is 10.2. The molecule has 0 aromatic heterocycles. The summed E-state index contributed by atoms with van der Waals surface area (Å²) < 4.78 is 0. The maximum absolute atomic E-state index is 11.8. The molecule has 1 aliphatic rings. The van der Waals surface area contributed by atoms with E-state index in [0.717, 1.165) is 12.8 Å². The molecule has 1 nitrogen and oxygen atoms in total. The fraction of sp³-hybridized carbons (Fsp3) is 0.471. The highest BCUT2D eigenvalue weighted by Gasteiger charge is 2.20. The maximum atomic E-state index is 11.8. The van der Waals surface area contributed by atoms with Crippen LogP contribution < -0.4 is 0 Å². The zero-order valence-electron chi connectivity index (χ0n) is 11.1. The van der Waals surface area contributed by atoms with E-state index >= 15 is 0 Å². The second kappa shape index (κ2) is 6.53. The van der Waals surface area contributed by atoms with Crippen molar-refractivity contribution in [3.8, 4) is 0 Å². The first kappa shape index (κ1) is 13.1. The number of carbonyl (C=O) groups excluding carboxylic acids is 1. The van der Waals surface area contributed by atoms with E-state index in [-0.39, 0.29) is 5.92 Å². The van der Waals surface area contributed by atoms with Crippen LogP contribution in [0.3, 0.4) is 0 Å². The number of ketones is 1. The molecule has 1 heteroatoms. The number of rotatable bonds is 5. The van der Waals surface area contributed by atoms with E-state index in [9.17, 15) is 4.79 Å². The largest absolute Gasteiger partial charge is 0.300 e. The van der Waals surface area contributed by atoms with Crippen LogP contribution in [0, 0.1) is 11.8 Å². The lowest BCUT2D eigenvalue weighted by Gasteiger charge is -2.21. The number of allylic oxidation sites excluding steroid dienone is 2. The fourth-order valence-electron chi connectivity index (χ4n) is 2.74. The second-order valence-electron chi connectivity index (χ2n) is 5.35. The first-order valence-corrected chi connectivity index (χ1v) is 6.96. The number of Topliss-reactive ketones (excluding diaryl/α,β-unsaturated/α-hetero) is 1. The summed E-state index contributed by atoms with van der Waals surface area (Å²) >= 11 is 0. The molecule has 0 bridgehead atoms. The molecule has 2 unspecified atom stereocenters. The third-order valence-electron chi connectivity index (χ3n) is 3.84. The molecule has 96 valence electrons. The van der Waals surface area contributed by atoms with Gasteiger partial charge >= 0.3 is 0 Å². The van der Waals surface area contributed by atoms with Crippen LogP contribution in [0.25, 0.3) is 0 Å². The van der Waals surface area contributed by atoms with Gasteiger partial charge in [0.2, 0.25) is 0 Å². The normalized spacial score (nSPS) is 20.6. The van der Waals surface area contributed by atoms with Crippen molar-refractivity contribution in [2.45, 2.75) is 39.0 Å². The Hall–Kier alpha value is -1.37. The monoisotopic (exact) mass is 242 g/mol. The van der Waals surface area contributed by atoms with Crippen molar-refractivity contribution >= 4 is 5.78 Å². The van der Waals surface area contributed by atoms with E-state index in [2.05, 4.69) is 24.3 Å². The lowest BCUT2D eigenvalue weighted by molar-refractivity contribution is -0.121. The van der Waals surface area contributed by atoms with Crippen molar-refractivity contribution in [3.05, 3.63) is 48.0 Å². The van der Waals surface area contributed by atoms with E-state index in [1.165, 1.54) is 24.8 Å². The molecule has 18 heavy (non-hydrogen) atoms. The van der Waals surface area contributed by atoms with Crippen LogP contribution in [0.1, 0.15) is 38.2 Å². The van der Waals surface area contributed by atoms with Gasteiger partial charge in [0, 0.05) is 5.92 Å². The Morgan fingerprint density at radius 2 is 2.11 bits per heavy atom. The lowest BCUT2D eigenvalue weighted by atomic mass is 9.83. The molecule has 0 heterocycles. The molecule has 0 saturated carbocycles. The average molecular weight is 242 g/mol. The maximum Gasteiger partial charge on any atom is 0.133 e. The van der Waals surface area contributed by atoms with Crippen molar-refractivity contribution < 1.29 is 4.79 Å². The molecule has 1 aromatic carbocycles. The van der Waals surface area contributed by atoms with Crippen molar-refractivity contribution in [1.82, 2.24) is 0 Å². The Bertz CT molecular complexity index is 405. The first-order chi connectivity index (χ1) is 8.75. The summed E-state index contributed by atoms with van der Waals surface area (Å²) in [7, 11) is 0. The molecule has 0 N–H and O–H groups in total. The molecule has 0 saturated heterocycles. The quantitative estimate of drug-likeness (QED) is 0.708. The van der Waals surface area contributed by atoms with E-state index in [0.29, 0.717) is 11.7 Å². The standard InChI is InChI=1S/C17H22O/c1-14(18)17(12-15-8-4-2-5-9-15)13-16-10-6-3-7-11-16/h2,4-6,8-10,16-17H,3,7,11-13H2,1H3. The van der Waals surface area contributed by atoms with Gasteiger partial charge in [-0.2, -0.15) is 0 Å². The minimum atomic E-state index is 0.181. The van der Waals surface area contributed by atoms with E-state index in [1.807, 2.05) is 18.2 Å². The van der Waals surface area contributed by atoms with Crippen LogP contribution in [0.15, 0.2) is 42.5 Å². The summed E-state index contributed by atoms with van der Waals surface area (Å²) in [4.78, 5) is 11.8. The number of hydrogen-bond donors (Lipinski definition) is 0. The Kier molecular flexibility index (Phi) is 4.74. The smallest absolute Gasteiger partial charge is 0.133 e. The van der Waals surface area contributed by atoms with Gasteiger partial charge in [-0.05, 0) is 50.5 Å². The van der Waals surface area contributed by atoms with Gasteiger partial charge in [-0.15, -0.1) is 0 Å². The summed E-state index contributed by atoms with van der Waals surface area (Å²) in [6.45, 7) is 1.74. The molecule has 0 amide bonds. The molecule has 1 aromatic rings. The first-order valence-electron chi connectivity index (χ1n) is 6.96. The average Bonchev–Trinajstić information content (AvgIpc) is 2.40. The van der Waals surface area contributed by atoms with E-state index < -0.39 is 0 Å². The minimum Gasteiger partial charge on any atom is -0.300 e. The number of hydrogen-bond acceptors (Lipinski definition) is 1. The van der Waals surface area contributed by atoms with Gasteiger partial charge in [0.15, 0.2) is 0 Å². The van der Waals surface area contributed by atoms with E-state index in [4.69, 9.17) is 0 Å². The summed E-state index contributed by atoms with van der Waals surface area (Å²) in [5.41, 5.74) is 1.28. The van der Waals surface area contributed by atoms with Gasteiger partial charge in [0.1, 0.15) is 5.78 Å². The predicted molar refractivity (Wildman–Crippen MR) is 75.4 cm³/mol. The van der Waals surface area contributed by atoms with Crippen LogP contribution in [-0.2, 0) is 11.2 Å². The van der Waals surface area contributed by atoms with Crippen LogP contribution in [0.5, 0.6) is 0 Å². The zero-order valence-corrected chi connectivity index (χ0v) is 11.1. The van der Waals surface area contributed by atoms with E-state index in [1.54, 1.807) is 6.92 Å². The summed E-state index contributed by atoms with van der Waals surface area (Å²) in [5, 5.41) is 0. The molecule has 1 aliphatic carbocycles. The van der Waals surface area contributed by atoms with Crippen LogP contribution in [0.2, 0.25) is 0 Å². The van der Waals surface area contributed by atoms with Gasteiger partial charge in [0.25, 0.3) is 0 Å². The van der Waals surface area contributed by atoms with Crippen molar-refractivity contribution in [2.24, 2.45) is 11.8 Å². The van der Waals surface area contributed by atoms with Crippen molar-refractivity contribution in [2.75, 3.05) is 0 Å². The molecule has 0 radical (unpaired) electrons. The van der Waals surface area contributed by atoms with Crippen molar-refractivity contribution in [3.63, 3.8) is 0 Å². The minimum absolute atomic E-state index is 0.181. The lowest BCUT2D eigenvalue weighted by Crippen LogP contribution is -2.18. The predicted octanol–water partition coefficient (Wildman–Crippen LogP) is 4.18. The van der Waals surface area contributed by atoms with Crippen molar-refractivity contribution in [1.29, 1.82) is 0 Å². The highest BCUT2D eigenvalue weighted by atomic mass is 16.1. The molecule has 0 aliphatic heterocycles. The second-order valence-corrected chi connectivity index (χ2v) is 5.35. The van der Waals surface area contributed by atoms with Gasteiger partial charge in [-0.1, -0.05) is 42.5 Å². The Morgan fingerprint density at radius 1 is 1.33 bits per heavy atom. The molecule has 2 atom stereocenters. The Balaban J connectivity index is 1.98. The Labute approximate surface area is 110 Å². The number of benzene rings is 1. The van der Waals surface area contributed by atoms with Crippen LogP contribution in [0.4, 0.5) is 0 Å². The molecule has 0 fully saturated rings. The molecule has 2 rings (SSSR count). The van der Waals surface area contributed by atoms with Crippen LogP contribution >= 0.6 is 0 Å². The summed E-state index contributed by atoms with van der Waals surface area (Å²) in [5.74, 6) is 1.12. The Morgan fingerprint density at radius 3 is 2.72 bits per heavy atom. The molecule has 0 spiro atoms. The third kappa shape index (κ3) is 3.83. The van der Waals surface area contributed by atoms with Gasteiger partial charge in [0.05, 0.1) is 0 Å². The van der Waals surface area contributed by atoms with Gasteiger partial charge in [-0.25, -0.2) is 0 Å².